The summed E-state index contributed by atoms with van der Waals surface area (Å²) in [4.78, 5) is 54.5. The monoisotopic (exact) mass is 600 g/mol. The molecular weight excluding hydrogens is 564 g/mol. The van der Waals surface area contributed by atoms with Gasteiger partial charge in [0.1, 0.15) is 18.6 Å². The maximum atomic E-state index is 13.4. The van der Waals surface area contributed by atoms with E-state index in [0.717, 1.165) is 17.4 Å². The van der Waals surface area contributed by atoms with Crippen LogP contribution < -0.4 is 16.0 Å². The van der Waals surface area contributed by atoms with E-state index >= 15 is 0 Å². The second-order valence-electron chi connectivity index (χ2n) is 10.4. The molecule has 230 valence electrons. The van der Waals surface area contributed by atoms with Crippen LogP contribution in [0.25, 0.3) is 0 Å². The van der Waals surface area contributed by atoms with Gasteiger partial charge in [0, 0.05) is 19.5 Å². The van der Waals surface area contributed by atoms with Gasteiger partial charge in [-0.3, -0.25) is 14.4 Å². The number of oxazole rings is 1. The van der Waals surface area contributed by atoms with E-state index in [0.29, 0.717) is 25.1 Å². The number of ether oxygens (including phenoxy) is 1. The second-order valence-corrected chi connectivity index (χ2v) is 10.4. The van der Waals surface area contributed by atoms with Gasteiger partial charge in [0.2, 0.25) is 11.7 Å². The number of carbonyl (C=O) groups is 4. The normalized spacial score (nSPS) is 12.1. The standard InChI is InChI=1S/C33H36N4O7/c1-23(14-16-35-33(41)44-21-24-9-4-2-5-10-24)19-29(38)34-17-15-27(25-11-6-3-7-12-25)30(39)32-37-28(22-43-32)31(40)36-20-26-13-8-18-42-26/h2-13,18,22-23,27H,14-17,19-21H2,1H3,(H,34,38)(H,35,41)(H,36,40). The summed E-state index contributed by atoms with van der Waals surface area (Å²) in [7, 11) is 0. The quantitative estimate of drug-likeness (QED) is 0.152. The Balaban J connectivity index is 1.21. The van der Waals surface area contributed by atoms with E-state index in [1.165, 1.54) is 6.26 Å². The topological polar surface area (TPSA) is 153 Å². The van der Waals surface area contributed by atoms with Gasteiger partial charge in [-0.25, -0.2) is 9.78 Å². The minimum atomic E-state index is -0.641. The highest BCUT2D eigenvalue weighted by Crippen LogP contribution is 2.24. The minimum absolute atomic E-state index is 0.0145. The fourth-order valence-electron chi connectivity index (χ4n) is 4.49. The Morgan fingerprint density at radius 2 is 1.57 bits per heavy atom. The van der Waals surface area contributed by atoms with Crippen molar-refractivity contribution in [1.29, 1.82) is 0 Å². The van der Waals surface area contributed by atoms with Crippen LogP contribution in [0.4, 0.5) is 4.79 Å². The van der Waals surface area contributed by atoms with E-state index < -0.39 is 23.7 Å². The first-order valence-electron chi connectivity index (χ1n) is 14.5. The molecule has 2 heterocycles. The molecule has 11 heteroatoms. The van der Waals surface area contributed by atoms with Crippen LogP contribution in [-0.2, 0) is 22.7 Å². The van der Waals surface area contributed by atoms with Crippen molar-refractivity contribution in [3.8, 4) is 0 Å². The lowest BCUT2D eigenvalue weighted by Crippen LogP contribution is -2.30. The number of benzene rings is 2. The minimum Gasteiger partial charge on any atom is -0.467 e. The van der Waals surface area contributed by atoms with E-state index in [2.05, 4.69) is 20.9 Å². The first-order valence-corrected chi connectivity index (χ1v) is 14.5. The summed E-state index contributed by atoms with van der Waals surface area (Å²) in [6.07, 6.45) is 3.32. The molecule has 0 spiro atoms. The lowest BCUT2D eigenvalue weighted by atomic mass is 9.91. The number of nitrogens with zero attached hydrogens (tertiary/aromatic N) is 1. The fourth-order valence-corrected chi connectivity index (χ4v) is 4.49. The van der Waals surface area contributed by atoms with E-state index in [9.17, 15) is 19.2 Å². The summed E-state index contributed by atoms with van der Waals surface area (Å²) in [6, 6.07) is 22.0. The lowest BCUT2D eigenvalue weighted by Gasteiger charge is -2.16. The predicted octanol–water partition coefficient (Wildman–Crippen LogP) is 5.01. The van der Waals surface area contributed by atoms with Gasteiger partial charge >= 0.3 is 6.09 Å². The maximum Gasteiger partial charge on any atom is 0.407 e. The Labute approximate surface area is 255 Å². The number of aromatic nitrogens is 1. The molecule has 4 rings (SSSR count). The zero-order valence-electron chi connectivity index (χ0n) is 24.5. The highest BCUT2D eigenvalue weighted by molar-refractivity contribution is 5.99. The van der Waals surface area contributed by atoms with E-state index in [-0.39, 0.29) is 49.5 Å². The molecule has 0 radical (unpaired) electrons. The molecule has 3 amide bonds. The van der Waals surface area contributed by atoms with Gasteiger partial charge < -0.3 is 29.5 Å². The molecule has 0 saturated carbocycles. The Morgan fingerprint density at radius 1 is 0.841 bits per heavy atom. The molecule has 0 aliphatic rings. The van der Waals surface area contributed by atoms with E-state index in [1.807, 2.05) is 67.6 Å². The molecule has 0 fully saturated rings. The number of alkyl carbamates (subject to hydrolysis) is 1. The molecule has 0 aliphatic carbocycles. The molecule has 11 nitrogen and oxygen atoms in total. The van der Waals surface area contributed by atoms with Gasteiger partial charge in [-0.2, -0.15) is 0 Å². The van der Waals surface area contributed by atoms with Crippen molar-refractivity contribution in [2.24, 2.45) is 5.92 Å². The van der Waals surface area contributed by atoms with Gasteiger partial charge in [-0.1, -0.05) is 67.6 Å². The molecule has 2 aromatic carbocycles. The third kappa shape index (κ3) is 9.97. The van der Waals surface area contributed by atoms with Crippen LogP contribution >= 0.6 is 0 Å². The van der Waals surface area contributed by atoms with Crippen molar-refractivity contribution >= 4 is 23.7 Å². The summed E-state index contributed by atoms with van der Waals surface area (Å²) in [5.41, 5.74) is 1.62. The average Bonchev–Trinajstić information content (AvgIpc) is 3.75. The number of carbonyl (C=O) groups excluding carboxylic acids is 4. The number of nitrogens with one attached hydrogen (secondary N) is 3. The van der Waals surface area contributed by atoms with Gasteiger partial charge in [0.25, 0.3) is 11.8 Å². The third-order valence-electron chi connectivity index (χ3n) is 6.88. The molecule has 0 bridgehead atoms. The van der Waals surface area contributed by atoms with Crippen molar-refractivity contribution in [3.63, 3.8) is 0 Å². The van der Waals surface area contributed by atoms with Gasteiger partial charge in [-0.15, -0.1) is 0 Å². The van der Waals surface area contributed by atoms with Crippen molar-refractivity contribution in [1.82, 2.24) is 20.9 Å². The number of hydrogen-bond acceptors (Lipinski definition) is 8. The first kappa shape index (κ1) is 31.7. The molecule has 0 saturated heterocycles. The molecule has 2 unspecified atom stereocenters. The first-order chi connectivity index (χ1) is 21.4. The Bertz CT molecular complexity index is 1490. The molecular formula is C33H36N4O7. The number of furan rings is 1. The van der Waals surface area contributed by atoms with Crippen LogP contribution in [0.1, 0.15) is 70.2 Å². The number of Topliss-reactive ketones (excluding diaryl/α,β-unsaturated/α-hetero) is 1. The van der Waals surface area contributed by atoms with Crippen molar-refractivity contribution in [2.45, 2.75) is 45.3 Å². The van der Waals surface area contributed by atoms with Crippen LogP contribution in [-0.4, -0.2) is 41.8 Å². The highest BCUT2D eigenvalue weighted by Gasteiger charge is 2.27. The number of ketones is 1. The van der Waals surface area contributed by atoms with Crippen LogP contribution in [0.15, 0.2) is 94.2 Å². The molecule has 0 aliphatic heterocycles. The summed E-state index contributed by atoms with van der Waals surface area (Å²) in [6.45, 7) is 2.92. The smallest absolute Gasteiger partial charge is 0.407 e. The van der Waals surface area contributed by atoms with Crippen molar-refractivity contribution in [3.05, 3.63) is 114 Å². The summed E-state index contributed by atoms with van der Waals surface area (Å²) in [5.74, 6) is -1.28. The van der Waals surface area contributed by atoms with Gasteiger partial charge in [0.05, 0.1) is 18.7 Å². The van der Waals surface area contributed by atoms with Crippen LogP contribution in [0.3, 0.4) is 0 Å². The zero-order valence-corrected chi connectivity index (χ0v) is 24.5. The van der Waals surface area contributed by atoms with E-state index in [4.69, 9.17) is 13.6 Å². The van der Waals surface area contributed by atoms with Gasteiger partial charge in [0.15, 0.2) is 5.69 Å². The van der Waals surface area contributed by atoms with Crippen molar-refractivity contribution in [2.75, 3.05) is 13.1 Å². The Morgan fingerprint density at radius 3 is 2.30 bits per heavy atom. The maximum absolute atomic E-state index is 13.4. The predicted molar refractivity (Wildman–Crippen MR) is 161 cm³/mol. The zero-order chi connectivity index (χ0) is 31.1. The van der Waals surface area contributed by atoms with Crippen LogP contribution in [0, 0.1) is 5.92 Å². The molecule has 4 aromatic rings. The molecule has 2 atom stereocenters. The molecule has 44 heavy (non-hydrogen) atoms. The van der Waals surface area contributed by atoms with E-state index in [1.54, 1.807) is 12.1 Å². The van der Waals surface area contributed by atoms with Crippen LogP contribution in [0.5, 0.6) is 0 Å². The number of amides is 3. The summed E-state index contributed by atoms with van der Waals surface area (Å²) >= 11 is 0. The van der Waals surface area contributed by atoms with Crippen LogP contribution in [0.2, 0.25) is 0 Å². The lowest BCUT2D eigenvalue weighted by molar-refractivity contribution is -0.121. The molecule has 2 aromatic heterocycles. The van der Waals surface area contributed by atoms with Gasteiger partial charge in [-0.05, 0) is 42.0 Å². The summed E-state index contributed by atoms with van der Waals surface area (Å²) in [5, 5.41) is 8.26. The third-order valence-corrected chi connectivity index (χ3v) is 6.88. The SMILES string of the molecule is CC(CCNC(=O)OCc1ccccc1)CC(=O)NCCC(C(=O)c1nc(C(=O)NCc2ccco2)co1)c1ccccc1. The highest BCUT2D eigenvalue weighted by atomic mass is 16.5. The fraction of sp³-hybridized carbons (Fsp3) is 0.303. The Kier molecular flexibility index (Phi) is 11.9. The molecule has 3 N–H and O–H groups in total. The van der Waals surface area contributed by atoms with Crippen molar-refractivity contribution < 1.29 is 32.7 Å². The average molecular weight is 601 g/mol. The largest absolute Gasteiger partial charge is 0.467 e. The Hall–Kier alpha value is -5.19. The number of hydrogen-bond donors (Lipinski definition) is 3. The summed E-state index contributed by atoms with van der Waals surface area (Å²) < 4.78 is 15.8. The second kappa shape index (κ2) is 16.4. The number of rotatable bonds is 16.